The van der Waals surface area contributed by atoms with Gasteiger partial charge in [-0.15, -0.1) is 11.3 Å². The van der Waals surface area contributed by atoms with Crippen LogP contribution in [0.1, 0.15) is 42.4 Å². The highest BCUT2D eigenvalue weighted by Crippen LogP contribution is 2.27. The van der Waals surface area contributed by atoms with Gasteiger partial charge in [-0.3, -0.25) is 19.2 Å². The minimum Gasteiger partial charge on any atom is -0.480 e. The van der Waals surface area contributed by atoms with Gasteiger partial charge in [0.2, 0.25) is 23.6 Å². The van der Waals surface area contributed by atoms with E-state index < -0.39 is 58.8 Å². The van der Waals surface area contributed by atoms with E-state index in [2.05, 4.69) is 31.9 Å². The molecular formula is C45H51N7O6S. The number of rotatable bonds is 15. The zero-order chi connectivity index (χ0) is 41.4. The fraction of sp³-hybridized carbons (Fsp3) is 0.356. The Hall–Kier alpha value is -5.67. The molecule has 4 amide bonds. The van der Waals surface area contributed by atoms with Crippen molar-refractivity contribution in [3.05, 3.63) is 119 Å². The van der Waals surface area contributed by atoms with Crippen LogP contribution in [0.4, 0.5) is 0 Å². The lowest BCUT2D eigenvalue weighted by Crippen LogP contribution is -2.64. The summed E-state index contributed by atoms with van der Waals surface area (Å²) in [6, 6.07) is 27.1. The molecule has 0 saturated carbocycles. The van der Waals surface area contributed by atoms with Crippen molar-refractivity contribution in [1.82, 2.24) is 31.9 Å². The first kappa shape index (κ1) is 41.5. The van der Waals surface area contributed by atoms with Gasteiger partial charge in [0.15, 0.2) is 0 Å². The number of carboxylic acids is 1. The zero-order valence-corrected chi connectivity index (χ0v) is 33.6. The Kier molecular flexibility index (Phi) is 13.0. The van der Waals surface area contributed by atoms with E-state index in [9.17, 15) is 29.1 Å². The molecule has 2 fully saturated rings. The predicted octanol–water partition coefficient (Wildman–Crippen LogP) is 2.94. The quantitative estimate of drug-likeness (QED) is 0.0782. The van der Waals surface area contributed by atoms with Gasteiger partial charge >= 0.3 is 5.97 Å². The van der Waals surface area contributed by atoms with Crippen LogP contribution >= 0.6 is 11.3 Å². The molecule has 2 aliphatic rings. The van der Waals surface area contributed by atoms with Crippen molar-refractivity contribution >= 4 is 61.8 Å². The van der Waals surface area contributed by atoms with Gasteiger partial charge in [-0.25, -0.2) is 4.79 Å². The van der Waals surface area contributed by atoms with Gasteiger partial charge in [0.25, 0.3) is 0 Å². The Labute approximate surface area is 346 Å². The fourth-order valence-electron chi connectivity index (χ4n) is 8.01. The van der Waals surface area contributed by atoms with Crippen molar-refractivity contribution in [2.24, 2.45) is 5.73 Å². The van der Waals surface area contributed by atoms with Crippen LogP contribution in [-0.4, -0.2) is 90.1 Å². The number of piperidine rings is 2. The summed E-state index contributed by atoms with van der Waals surface area (Å²) in [6.45, 7) is 1.94. The number of aliphatic carboxylic acids is 1. The summed E-state index contributed by atoms with van der Waals surface area (Å²) in [6.07, 6.45) is 1.41. The average Bonchev–Trinajstić information content (AvgIpc) is 3.66. The average molecular weight is 818 g/mol. The van der Waals surface area contributed by atoms with E-state index in [0.717, 1.165) is 37.5 Å². The second-order valence-corrected chi connectivity index (χ2v) is 16.6. The molecule has 7 rings (SSSR count). The van der Waals surface area contributed by atoms with Crippen molar-refractivity contribution in [1.29, 1.82) is 0 Å². The molecule has 0 radical (unpaired) electrons. The standard InChI is InChI=1S/C45H51N7O6S/c46-44(16-20-47-21-17-44)42(56)51-36(25-29-8-2-1-3-9-29)40(54)49-35(26-30-14-15-31-10-4-5-11-32(31)24-30)39(53)50-37(27-33-28-59-38-13-7-6-12-34(33)38)41(55)52-45(43(57)58)18-22-48-23-19-45/h1-15,24,28,35-37,47-48H,16-23,25-27,46H2,(H,49,54)(H,50,53)(H,51,56)(H,52,55)(H,57,58)/t35-,36+,37-/m1/s1. The summed E-state index contributed by atoms with van der Waals surface area (Å²) < 4.78 is 1.00. The van der Waals surface area contributed by atoms with Gasteiger partial charge in [-0.2, -0.15) is 0 Å². The molecule has 14 heteroatoms. The molecule has 13 nitrogen and oxygen atoms in total. The van der Waals surface area contributed by atoms with Crippen LogP contribution in [0, 0.1) is 0 Å². The molecule has 0 bridgehead atoms. The topological polar surface area (TPSA) is 204 Å². The second kappa shape index (κ2) is 18.5. The number of hydrogen-bond donors (Lipinski definition) is 8. The monoisotopic (exact) mass is 817 g/mol. The third kappa shape index (κ3) is 9.97. The molecule has 2 aliphatic heterocycles. The van der Waals surface area contributed by atoms with Crippen LogP contribution in [-0.2, 0) is 43.2 Å². The maximum Gasteiger partial charge on any atom is 0.329 e. The number of nitrogens with two attached hydrogens (primary N) is 1. The maximum absolute atomic E-state index is 14.7. The molecule has 5 aromatic rings. The number of benzene rings is 4. The number of thiophene rings is 1. The zero-order valence-electron chi connectivity index (χ0n) is 32.8. The number of hydrogen-bond acceptors (Lipinski definition) is 9. The van der Waals surface area contributed by atoms with Crippen molar-refractivity contribution in [3.63, 3.8) is 0 Å². The van der Waals surface area contributed by atoms with Gasteiger partial charge in [-0.1, -0.05) is 91.0 Å². The van der Waals surface area contributed by atoms with E-state index in [4.69, 9.17) is 5.73 Å². The van der Waals surface area contributed by atoms with Crippen LogP contribution in [0.15, 0.2) is 102 Å². The van der Waals surface area contributed by atoms with E-state index in [0.29, 0.717) is 39.0 Å². The normalized spacial score (nSPS) is 17.6. The Morgan fingerprint density at radius 2 is 1.22 bits per heavy atom. The lowest BCUT2D eigenvalue weighted by atomic mass is 9.87. The number of nitrogens with one attached hydrogen (secondary N) is 6. The highest BCUT2D eigenvalue weighted by atomic mass is 32.1. The van der Waals surface area contributed by atoms with Crippen LogP contribution in [0.2, 0.25) is 0 Å². The molecule has 3 atom stereocenters. The summed E-state index contributed by atoms with van der Waals surface area (Å²) in [5.74, 6) is -3.46. The molecule has 0 aliphatic carbocycles. The first-order valence-corrected chi connectivity index (χ1v) is 21.0. The van der Waals surface area contributed by atoms with E-state index >= 15 is 0 Å². The lowest BCUT2D eigenvalue weighted by molar-refractivity contribution is -0.149. The molecular weight excluding hydrogens is 767 g/mol. The molecule has 308 valence electrons. The molecule has 59 heavy (non-hydrogen) atoms. The lowest BCUT2D eigenvalue weighted by Gasteiger charge is -2.36. The first-order chi connectivity index (χ1) is 28.5. The van der Waals surface area contributed by atoms with E-state index in [1.54, 1.807) is 0 Å². The Bertz CT molecular complexity index is 2300. The SMILES string of the molecule is NC1(C(=O)N[C@@H](Cc2ccccc2)C(=O)N[C@H](Cc2ccc3ccccc3c2)C(=O)N[C@H](Cc2csc3ccccc23)C(=O)NC2(C(=O)O)CCNCC2)CCNCC1. The number of amides is 4. The molecule has 3 heterocycles. The third-order valence-electron chi connectivity index (χ3n) is 11.6. The van der Waals surface area contributed by atoms with Gasteiger partial charge in [0, 0.05) is 24.0 Å². The van der Waals surface area contributed by atoms with Gasteiger partial charge < -0.3 is 42.7 Å². The van der Waals surface area contributed by atoms with Gasteiger partial charge in [-0.05, 0) is 96.2 Å². The molecule has 0 unspecified atom stereocenters. The van der Waals surface area contributed by atoms with E-state index in [-0.39, 0.29) is 32.1 Å². The summed E-state index contributed by atoms with van der Waals surface area (Å²) in [7, 11) is 0. The summed E-state index contributed by atoms with van der Waals surface area (Å²) in [5.41, 5.74) is 6.27. The summed E-state index contributed by atoms with van der Waals surface area (Å²) >= 11 is 1.51. The fourth-order valence-corrected chi connectivity index (χ4v) is 8.98. The summed E-state index contributed by atoms with van der Waals surface area (Å²) in [4.78, 5) is 69.9. The van der Waals surface area contributed by atoms with E-state index in [1.165, 1.54) is 11.3 Å². The maximum atomic E-state index is 14.7. The highest BCUT2D eigenvalue weighted by Gasteiger charge is 2.43. The molecule has 2 saturated heterocycles. The smallest absolute Gasteiger partial charge is 0.329 e. The van der Waals surface area contributed by atoms with Crippen molar-refractivity contribution < 1.29 is 29.1 Å². The Morgan fingerprint density at radius 3 is 1.92 bits per heavy atom. The predicted molar refractivity (Wildman–Crippen MR) is 229 cm³/mol. The third-order valence-corrected chi connectivity index (χ3v) is 12.6. The first-order valence-electron chi connectivity index (χ1n) is 20.2. The van der Waals surface area contributed by atoms with E-state index in [1.807, 2.05) is 102 Å². The largest absolute Gasteiger partial charge is 0.480 e. The minimum atomic E-state index is -1.52. The van der Waals surface area contributed by atoms with Gasteiger partial charge in [0.1, 0.15) is 23.7 Å². The molecule has 4 aromatic carbocycles. The molecule has 9 N–H and O–H groups in total. The van der Waals surface area contributed by atoms with Crippen molar-refractivity contribution in [2.75, 3.05) is 26.2 Å². The van der Waals surface area contributed by atoms with Gasteiger partial charge in [0.05, 0.1) is 5.54 Å². The Morgan fingerprint density at radius 1 is 0.644 bits per heavy atom. The second-order valence-electron chi connectivity index (χ2n) is 15.7. The van der Waals surface area contributed by atoms with Crippen LogP contribution in [0.3, 0.4) is 0 Å². The highest BCUT2D eigenvalue weighted by molar-refractivity contribution is 7.17. The van der Waals surface area contributed by atoms with Crippen LogP contribution < -0.4 is 37.6 Å². The van der Waals surface area contributed by atoms with Crippen molar-refractivity contribution in [2.45, 2.75) is 74.1 Å². The number of carboxylic acid groups (broad SMARTS) is 1. The number of carbonyl (C=O) groups excluding carboxylic acids is 4. The van der Waals surface area contributed by atoms with Crippen LogP contribution in [0.5, 0.6) is 0 Å². The molecule has 0 spiro atoms. The van der Waals surface area contributed by atoms with Crippen molar-refractivity contribution in [3.8, 4) is 0 Å². The Balaban J connectivity index is 1.20. The summed E-state index contributed by atoms with van der Waals surface area (Å²) in [5, 5.41) is 33.1. The number of carbonyl (C=O) groups is 5. The van der Waals surface area contributed by atoms with Crippen LogP contribution in [0.25, 0.3) is 20.9 Å². The molecule has 1 aromatic heterocycles. The minimum absolute atomic E-state index is 0.0569. The number of fused-ring (bicyclic) bond motifs is 2.